The summed E-state index contributed by atoms with van der Waals surface area (Å²) in [5, 5.41) is 3.65. The smallest absolute Gasteiger partial charge is 0.243 e. The van der Waals surface area contributed by atoms with Gasteiger partial charge in [-0.25, -0.2) is 8.42 Å². The normalized spacial score (nSPS) is 16.3. The molecule has 0 radical (unpaired) electrons. The molecule has 0 heterocycles. The quantitative estimate of drug-likeness (QED) is 0.629. The Morgan fingerprint density at radius 2 is 1.93 bits per heavy atom. The van der Waals surface area contributed by atoms with Crippen molar-refractivity contribution in [3.05, 3.63) is 29.3 Å². The molecule has 1 unspecified atom stereocenters. The lowest BCUT2D eigenvalue weighted by Crippen LogP contribution is -2.49. The van der Waals surface area contributed by atoms with E-state index in [2.05, 4.69) is 5.32 Å². The molecule has 0 aliphatic heterocycles. The van der Waals surface area contributed by atoms with Crippen LogP contribution in [0.15, 0.2) is 18.2 Å². The summed E-state index contributed by atoms with van der Waals surface area (Å²) >= 11 is 1.91. The van der Waals surface area contributed by atoms with Crippen LogP contribution in [0.3, 0.4) is 0 Å². The lowest BCUT2D eigenvalue weighted by molar-refractivity contribution is -0.122. The highest BCUT2D eigenvalue weighted by atomic mass is 32.2. The maximum absolute atomic E-state index is 12.8. The number of aryl methyl sites for hydroxylation is 2. The van der Waals surface area contributed by atoms with Crippen LogP contribution >= 0.6 is 11.8 Å². The fraction of sp³-hybridized carbons (Fsp3) is 0.650. The zero-order valence-corrected chi connectivity index (χ0v) is 18.5. The summed E-state index contributed by atoms with van der Waals surface area (Å²) in [6.45, 7) is 6.34. The highest BCUT2D eigenvalue weighted by molar-refractivity contribution is 7.99. The van der Waals surface area contributed by atoms with Crippen LogP contribution in [0.25, 0.3) is 0 Å². The maximum atomic E-state index is 12.8. The number of rotatable bonds is 9. The number of carbonyl (C=O) groups is 1. The molecule has 1 fully saturated rings. The molecule has 1 aliphatic carbocycles. The monoisotopic (exact) mass is 412 g/mol. The van der Waals surface area contributed by atoms with Gasteiger partial charge in [-0.3, -0.25) is 9.10 Å². The highest BCUT2D eigenvalue weighted by Gasteiger charge is 2.31. The summed E-state index contributed by atoms with van der Waals surface area (Å²) in [6.07, 6.45) is 6.73. The molecule has 0 spiro atoms. The second-order valence-corrected chi connectivity index (χ2v) is 10.6. The summed E-state index contributed by atoms with van der Waals surface area (Å²) in [4.78, 5) is 12.8. The predicted octanol–water partition coefficient (Wildman–Crippen LogP) is 3.64. The molecule has 0 bridgehead atoms. The molecule has 152 valence electrons. The van der Waals surface area contributed by atoms with E-state index in [1.54, 1.807) is 6.07 Å². The van der Waals surface area contributed by atoms with Crippen molar-refractivity contribution in [2.24, 2.45) is 0 Å². The van der Waals surface area contributed by atoms with Crippen LogP contribution in [0.5, 0.6) is 0 Å². The third-order valence-electron chi connectivity index (χ3n) is 5.13. The molecule has 1 amide bonds. The lowest BCUT2D eigenvalue weighted by atomic mass is 10.1. The summed E-state index contributed by atoms with van der Waals surface area (Å²) in [6, 6.07) is 4.77. The van der Waals surface area contributed by atoms with Gasteiger partial charge < -0.3 is 5.32 Å². The van der Waals surface area contributed by atoms with E-state index in [-0.39, 0.29) is 5.91 Å². The Morgan fingerprint density at radius 1 is 1.26 bits per heavy atom. The van der Waals surface area contributed by atoms with Crippen molar-refractivity contribution in [3.63, 3.8) is 0 Å². The first-order valence-corrected chi connectivity index (χ1v) is 12.6. The van der Waals surface area contributed by atoms with Gasteiger partial charge in [0.05, 0.1) is 11.9 Å². The first-order valence-electron chi connectivity index (χ1n) is 9.70. The number of hydrogen-bond acceptors (Lipinski definition) is 4. The zero-order chi connectivity index (χ0) is 20.0. The maximum Gasteiger partial charge on any atom is 0.243 e. The fourth-order valence-electron chi connectivity index (χ4n) is 3.50. The highest BCUT2D eigenvalue weighted by Crippen LogP contribution is 2.29. The molecule has 1 N–H and O–H groups in total. The minimum absolute atomic E-state index is 0.229. The molecule has 7 heteroatoms. The number of carbonyl (C=O) groups excluding carboxylic acids is 1. The van der Waals surface area contributed by atoms with Gasteiger partial charge >= 0.3 is 0 Å². The Hall–Kier alpha value is -1.21. The minimum Gasteiger partial charge on any atom is -0.353 e. The van der Waals surface area contributed by atoms with E-state index >= 15 is 0 Å². The number of benzene rings is 1. The number of anilines is 1. The molecular weight excluding hydrogens is 380 g/mol. The molecule has 0 aromatic heterocycles. The van der Waals surface area contributed by atoms with Crippen LogP contribution in [0.1, 0.15) is 50.2 Å². The minimum atomic E-state index is -3.58. The van der Waals surface area contributed by atoms with Gasteiger partial charge in [-0.15, -0.1) is 0 Å². The largest absolute Gasteiger partial charge is 0.353 e. The topological polar surface area (TPSA) is 66.5 Å². The number of hydrogen-bond donors (Lipinski definition) is 1. The van der Waals surface area contributed by atoms with E-state index in [0.717, 1.165) is 23.1 Å². The van der Waals surface area contributed by atoms with E-state index in [4.69, 9.17) is 0 Å². The molecule has 1 atom stereocenters. The van der Waals surface area contributed by atoms with Crippen molar-refractivity contribution in [3.8, 4) is 0 Å². The van der Waals surface area contributed by atoms with Crippen molar-refractivity contribution in [1.29, 1.82) is 0 Å². The average Bonchev–Trinajstić information content (AvgIpc) is 3.11. The number of amides is 1. The molecule has 0 saturated heterocycles. The van der Waals surface area contributed by atoms with Gasteiger partial charge in [-0.2, -0.15) is 11.8 Å². The van der Waals surface area contributed by atoms with Crippen molar-refractivity contribution < 1.29 is 13.2 Å². The molecular formula is C20H32N2O3S2. The first kappa shape index (κ1) is 22.1. The SMILES string of the molecule is CCC(C(=O)NCCSC1CCCC1)N(c1ccc(C)c(C)c1)S(C)(=O)=O. The molecule has 27 heavy (non-hydrogen) atoms. The van der Waals surface area contributed by atoms with Gasteiger partial charge in [0.1, 0.15) is 6.04 Å². The molecule has 5 nitrogen and oxygen atoms in total. The van der Waals surface area contributed by atoms with Crippen LogP contribution < -0.4 is 9.62 Å². The van der Waals surface area contributed by atoms with Gasteiger partial charge in [-0.05, 0) is 56.4 Å². The third kappa shape index (κ3) is 6.14. The predicted molar refractivity (Wildman–Crippen MR) is 115 cm³/mol. The van der Waals surface area contributed by atoms with Gasteiger partial charge in [0.15, 0.2) is 0 Å². The number of nitrogens with one attached hydrogen (secondary N) is 1. The Balaban J connectivity index is 2.07. The summed E-state index contributed by atoms with van der Waals surface area (Å²) in [7, 11) is -3.58. The van der Waals surface area contributed by atoms with Crippen molar-refractivity contribution >= 4 is 33.4 Å². The molecule has 1 aromatic carbocycles. The average molecular weight is 413 g/mol. The van der Waals surface area contributed by atoms with Gasteiger partial charge in [-0.1, -0.05) is 25.8 Å². The molecule has 2 rings (SSSR count). The Morgan fingerprint density at radius 3 is 2.48 bits per heavy atom. The van der Waals surface area contributed by atoms with Gasteiger partial charge in [0.2, 0.25) is 15.9 Å². The van der Waals surface area contributed by atoms with Crippen molar-refractivity contribution in [2.45, 2.75) is 64.2 Å². The Kier molecular flexibility index (Phi) is 8.04. The van der Waals surface area contributed by atoms with Crippen LogP contribution in [-0.2, 0) is 14.8 Å². The first-order chi connectivity index (χ1) is 12.7. The third-order valence-corrected chi connectivity index (χ3v) is 7.69. The summed E-state index contributed by atoms with van der Waals surface area (Å²) in [5.41, 5.74) is 2.64. The molecule has 1 aliphatic rings. The Labute approximate surface area is 168 Å². The second kappa shape index (κ2) is 9.82. The standard InChI is InChI=1S/C20H32N2O3S2/c1-5-19(20(23)21-12-13-26-18-8-6-7-9-18)22(27(4,24)25)17-11-10-15(2)16(3)14-17/h10-11,14,18-19H,5-9,12-13H2,1-4H3,(H,21,23). The Bertz CT molecular complexity index is 744. The summed E-state index contributed by atoms with van der Waals surface area (Å²) in [5.74, 6) is 0.642. The van der Waals surface area contributed by atoms with Crippen LogP contribution in [-0.4, -0.2) is 44.2 Å². The molecule has 1 aromatic rings. The van der Waals surface area contributed by atoms with Crippen LogP contribution in [0.2, 0.25) is 0 Å². The zero-order valence-electron chi connectivity index (χ0n) is 16.8. The van der Waals surface area contributed by atoms with Gasteiger partial charge in [0.25, 0.3) is 0 Å². The number of thioether (sulfide) groups is 1. The van der Waals surface area contributed by atoms with E-state index in [0.29, 0.717) is 23.9 Å². The second-order valence-electron chi connectivity index (χ2n) is 7.32. The van der Waals surface area contributed by atoms with Gasteiger partial charge in [0, 0.05) is 17.5 Å². The summed E-state index contributed by atoms with van der Waals surface area (Å²) < 4.78 is 26.2. The lowest BCUT2D eigenvalue weighted by Gasteiger charge is -2.30. The fourth-order valence-corrected chi connectivity index (χ4v) is 5.92. The van der Waals surface area contributed by atoms with E-state index in [9.17, 15) is 13.2 Å². The van der Waals surface area contributed by atoms with E-state index < -0.39 is 16.1 Å². The van der Waals surface area contributed by atoms with Crippen LogP contribution in [0.4, 0.5) is 5.69 Å². The van der Waals surface area contributed by atoms with Crippen LogP contribution in [0, 0.1) is 13.8 Å². The number of nitrogens with zero attached hydrogens (tertiary/aromatic N) is 1. The van der Waals surface area contributed by atoms with Crippen molar-refractivity contribution in [2.75, 3.05) is 22.9 Å². The molecule has 1 saturated carbocycles. The number of sulfonamides is 1. The van der Waals surface area contributed by atoms with E-state index in [1.807, 2.05) is 44.7 Å². The van der Waals surface area contributed by atoms with Crippen molar-refractivity contribution in [1.82, 2.24) is 5.32 Å². The van der Waals surface area contributed by atoms with E-state index in [1.165, 1.54) is 30.0 Å².